The van der Waals surface area contributed by atoms with Crippen molar-refractivity contribution in [1.82, 2.24) is 14.8 Å². The maximum Gasteiger partial charge on any atom is 0.135 e. The van der Waals surface area contributed by atoms with Gasteiger partial charge in [-0.2, -0.15) is 5.10 Å². The number of hydrogen-bond acceptors (Lipinski definition) is 2. The lowest BCUT2D eigenvalue weighted by Gasteiger charge is -2.01. The van der Waals surface area contributed by atoms with Gasteiger partial charge in [0.25, 0.3) is 0 Å². The van der Waals surface area contributed by atoms with Crippen molar-refractivity contribution in [2.45, 2.75) is 6.92 Å². The summed E-state index contributed by atoms with van der Waals surface area (Å²) >= 11 is 6.02. The van der Waals surface area contributed by atoms with Gasteiger partial charge in [-0.05, 0) is 19.1 Å². The normalized spacial score (nSPS) is 10.3. The lowest BCUT2D eigenvalue weighted by molar-refractivity contribution is 0.878. The minimum atomic E-state index is 0.645. The summed E-state index contributed by atoms with van der Waals surface area (Å²) < 4.78 is 1.68. The summed E-state index contributed by atoms with van der Waals surface area (Å²) in [6, 6.07) is 3.72. The second kappa shape index (κ2) is 3.18. The Bertz CT molecular complexity index is 408. The van der Waals surface area contributed by atoms with Gasteiger partial charge in [-0.3, -0.25) is 4.98 Å². The molecular weight excluding hydrogens is 186 g/mol. The molecule has 4 heteroatoms. The van der Waals surface area contributed by atoms with E-state index in [-0.39, 0.29) is 0 Å². The molecule has 0 N–H and O–H groups in total. The van der Waals surface area contributed by atoms with Crippen LogP contribution in [0.4, 0.5) is 0 Å². The van der Waals surface area contributed by atoms with Gasteiger partial charge in [-0.15, -0.1) is 0 Å². The van der Waals surface area contributed by atoms with Crippen molar-refractivity contribution in [3.05, 3.63) is 41.4 Å². The predicted octanol–water partition coefficient (Wildman–Crippen LogP) is 2.23. The number of aromatic nitrogens is 3. The van der Waals surface area contributed by atoms with E-state index in [9.17, 15) is 0 Å². The summed E-state index contributed by atoms with van der Waals surface area (Å²) in [5.41, 5.74) is 1.89. The fourth-order valence-corrected chi connectivity index (χ4v) is 1.27. The molecular formula is C9H8ClN3. The molecule has 0 saturated carbocycles. The maximum atomic E-state index is 6.02. The van der Waals surface area contributed by atoms with E-state index in [1.165, 1.54) is 0 Å². The van der Waals surface area contributed by atoms with Crippen LogP contribution in [0.2, 0.25) is 5.15 Å². The summed E-state index contributed by atoms with van der Waals surface area (Å²) in [4.78, 5) is 3.92. The van der Waals surface area contributed by atoms with Gasteiger partial charge in [0, 0.05) is 18.0 Å². The van der Waals surface area contributed by atoms with Crippen LogP contribution in [0.1, 0.15) is 5.56 Å². The number of aryl methyl sites for hydroxylation is 1. The van der Waals surface area contributed by atoms with E-state index in [1.54, 1.807) is 23.3 Å². The van der Waals surface area contributed by atoms with Crippen molar-refractivity contribution in [2.24, 2.45) is 0 Å². The Kier molecular flexibility index (Phi) is 2.02. The molecule has 0 saturated heterocycles. The highest BCUT2D eigenvalue weighted by molar-refractivity contribution is 6.30. The third-order valence-corrected chi connectivity index (χ3v) is 2.24. The van der Waals surface area contributed by atoms with Gasteiger partial charge >= 0.3 is 0 Å². The van der Waals surface area contributed by atoms with Crippen LogP contribution in [0.3, 0.4) is 0 Å². The van der Waals surface area contributed by atoms with E-state index >= 15 is 0 Å². The molecule has 2 heterocycles. The second-order valence-electron chi connectivity index (χ2n) is 2.74. The zero-order valence-corrected chi connectivity index (χ0v) is 7.86. The smallest absolute Gasteiger partial charge is 0.135 e. The lowest BCUT2D eigenvalue weighted by Crippen LogP contribution is -1.95. The highest BCUT2D eigenvalue weighted by Gasteiger charge is 2.04. The largest absolute Gasteiger partial charge is 0.265 e. The van der Waals surface area contributed by atoms with Crippen LogP contribution >= 0.6 is 11.6 Å². The monoisotopic (exact) mass is 193 g/mol. The Morgan fingerprint density at radius 1 is 1.31 bits per heavy atom. The molecule has 0 spiro atoms. The highest BCUT2D eigenvalue weighted by atomic mass is 35.5. The van der Waals surface area contributed by atoms with E-state index < -0.39 is 0 Å². The van der Waals surface area contributed by atoms with Crippen LogP contribution in [-0.2, 0) is 0 Å². The number of nitrogens with zero attached hydrogens (tertiary/aromatic N) is 3. The van der Waals surface area contributed by atoms with E-state index in [0.29, 0.717) is 5.15 Å². The summed E-state index contributed by atoms with van der Waals surface area (Å²) in [6.07, 6.45) is 5.16. The van der Waals surface area contributed by atoms with Gasteiger partial charge in [0.05, 0.1) is 11.9 Å². The first kappa shape index (κ1) is 8.26. The zero-order valence-electron chi connectivity index (χ0n) is 7.11. The minimum absolute atomic E-state index is 0.645. The molecule has 13 heavy (non-hydrogen) atoms. The third kappa shape index (κ3) is 1.42. The topological polar surface area (TPSA) is 30.7 Å². The standard InChI is InChI=1S/C9H8ClN3/c1-7-6-12-13(9(7)10)8-2-4-11-5-3-8/h2-6H,1H3. The SMILES string of the molecule is Cc1cnn(-c2ccncc2)c1Cl. The highest BCUT2D eigenvalue weighted by Crippen LogP contribution is 2.17. The molecule has 0 aromatic carbocycles. The number of pyridine rings is 1. The predicted molar refractivity (Wildman–Crippen MR) is 51.1 cm³/mol. The summed E-state index contributed by atoms with van der Waals surface area (Å²) in [6.45, 7) is 1.92. The second-order valence-corrected chi connectivity index (χ2v) is 3.09. The summed E-state index contributed by atoms with van der Waals surface area (Å²) in [5.74, 6) is 0. The van der Waals surface area contributed by atoms with Crippen LogP contribution in [0.15, 0.2) is 30.7 Å². The van der Waals surface area contributed by atoms with Crippen molar-refractivity contribution >= 4 is 11.6 Å². The van der Waals surface area contributed by atoms with E-state index in [0.717, 1.165) is 11.3 Å². The molecule has 0 radical (unpaired) electrons. The van der Waals surface area contributed by atoms with Crippen molar-refractivity contribution in [1.29, 1.82) is 0 Å². The molecule has 0 aliphatic carbocycles. The summed E-state index contributed by atoms with van der Waals surface area (Å²) in [5, 5.41) is 4.79. The van der Waals surface area contributed by atoms with Crippen LogP contribution in [-0.4, -0.2) is 14.8 Å². The quantitative estimate of drug-likeness (QED) is 0.696. The fourth-order valence-electron chi connectivity index (χ4n) is 1.08. The molecule has 2 aromatic heterocycles. The van der Waals surface area contributed by atoms with Crippen LogP contribution in [0.5, 0.6) is 0 Å². The van der Waals surface area contributed by atoms with Crippen LogP contribution in [0.25, 0.3) is 5.69 Å². The zero-order chi connectivity index (χ0) is 9.26. The average molecular weight is 194 g/mol. The van der Waals surface area contributed by atoms with Crippen LogP contribution < -0.4 is 0 Å². The van der Waals surface area contributed by atoms with Gasteiger partial charge in [0.1, 0.15) is 5.15 Å². The number of halogens is 1. The Hall–Kier alpha value is -1.35. The van der Waals surface area contributed by atoms with Crippen LogP contribution in [0, 0.1) is 6.92 Å². The molecule has 0 atom stereocenters. The van der Waals surface area contributed by atoms with Gasteiger partial charge in [-0.1, -0.05) is 11.6 Å². The molecule has 0 amide bonds. The molecule has 0 bridgehead atoms. The molecule has 0 unspecified atom stereocenters. The molecule has 3 nitrogen and oxygen atoms in total. The molecule has 0 fully saturated rings. The van der Waals surface area contributed by atoms with Crippen molar-refractivity contribution < 1.29 is 0 Å². The molecule has 0 aliphatic rings. The molecule has 0 aliphatic heterocycles. The van der Waals surface area contributed by atoms with Crippen molar-refractivity contribution in [3.8, 4) is 5.69 Å². The minimum Gasteiger partial charge on any atom is -0.265 e. The first-order chi connectivity index (χ1) is 6.29. The Morgan fingerprint density at radius 2 is 2.00 bits per heavy atom. The lowest BCUT2D eigenvalue weighted by atomic mass is 10.4. The number of hydrogen-bond donors (Lipinski definition) is 0. The Labute approximate surface area is 81.0 Å². The first-order valence-electron chi connectivity index (χ1n) is 3.89. The van der Waals surface area contributed by atoms with Crippen molar-refractivity contribution in [2.75, 3.05) is 0 Å². The van der Waals surface area contributed by atoms with Gasteiger partial charge in [0.2, 0.25) is 0 Å². The Morgan fingerprint density at radius 3 is 2.54 bits per heavy atom. The molecule has 66 valence electrons. The third-order valence-electron chi connectivity index (χ3n) is 1.79. The van der Waals surface area contributed by atoms with Gasteiger partial charge in [0.15, 0.2) is 0 Å². The van der Waals surface area contributed by atoms with E-state index in [2.05, 4.69) is 10.1 Å². The molecule has 2 aromatic rings. The molecule has 2 rings (SSSR count). The van der Waals surface area contributed by atoms with Gasteiger partial charge < -0.3 is 0 Å². The fraction of sp³-hybridized carbons (Fsp3) is 0.111. The Balaban J connectivity index is 2.53. The first-order valence-corrected chi connectivity index (χ1v) is 4.27. The maximum absolute atomic E-state index is 6.02. The van der Waals surface area contributed by atoms with E-state index in [4.69, 9.17) is 11.6 Å². The average Bonchev–Trinajstić information content (AvgIpc) is 2.49. The summed E-state index contributed by atoms with van der Waals surface area (Å²) in [7, 11) is 0. The van der Waals surface area contributed by atoms with E-state index in [1.807, 2.05) is 19.1 Å². The number of rotatable bonds is 1. The van der Waals surface area contributed by atoms with Gasteiger partial charge in [-0.25, -0.2) is 4.68 Å². The van der Waals surface area contributed by atoms with Crippen molar-refractivity contribution in [3.63, 3.8) is 0 Å².